The molecule has 0 saturated heterocycles. The van der Waals surface area contributed by atoms with E-state index in [9.17, 15) is 0 Å². The standard InChI is InChI=1S/C12H13N3O4/c1-16-5-7-2-3-8-11(18-6-17-8)10(7)12-14-9(4-13)19-15-12/h2-3H,4-6,13H2,1H3. The molecule has 100 valence electrons. The number of hydrogen-bond donors (Lipinski definition) is 1. The van der Waals surface area contributed by atoms with Gasteiger partial charge in [0.05, 0.1) is 18.7 Å². The highest BCUT2D eigenvalue weighted by Crippen LogP contribution is 2.42. The van der Waals surface area contributed by atoms with Gasteiger partial charge in [-0.1, -0.05) is 11.2 Å². The van der Waals surface area contributed by atoms with E-state index < -0.39 is 0 Å². The summed E-state index contributed by atoms with van der Waals surface area (Å²) in [6.45, 7) is 0.790. The van der Waals surface area contributed by atoms with Crippen molar-refractivity contribution in [1.29, 1.82) is 0 Å². The van der Waals surface area contributed by atoms with Crippen molar-refractivity contribution in [3.63, 3.8) is 0 Å². The molecule has 1 aromatic carbocycles. The van der Waals surface area contributed by atoms with E-state index >= 15 is 0 Å². The Hall–Kier alpha value is -2.12. The Labute approximate surface area is 109 Å². The number of nitrogens with zero attached hydrogens (tertiary/aromatic N) is 2. The Balaban J connectivity index is 2.13. The first-order valence-electron chi connectivity index (χ1n) is 5.77. The molecule has 19 heavy (non-hydrogen) atoms. The molecule has 2 N–H and O–H groups in total. The van der Waals surface area contributed by atoms with Gasteiger partial charge in [0.25, 0.3) is 0 Å². The predicted molar refractivity (Wildman–Crippen MR) is 64.5 cm³/mol. The molecule has 0 amide bonds. The second kappa shape index (κ2) is 4.87. The van der Waals surface area contributed by atoms with Gasteiger partial charge in [-0.25, -0.2) is 0 Å². The molecule has 0 atom stereocenters. The number of ether oxygens (including phenoxy) is 3. The second-order valence-corrected chi connectivity index (χ2v) is 3.98. The maximum Gasteiger partial charge on any atom is 0.240 e. The van der Waals surface area contributed by atoms with Crippen molar-refractivity contribution in [2.45, 2.75) is 13.2 Å². The largest absolute Gasteiger partial charge is 0.454 e. The van der Waals surface area contributed by atoms with Crippen LogP contribution in [0.1, 0.15) is 11.5 Å². The van der Waals surface area contributed by atoms with Gasteiger partial charge >= 0.3 is 0 Å². The molecule has 2 aromatic rings. The monoisotopic (exact) mass is 263 g/mol. The van der Waals surface area contributed by atoms with E-state index in [0.29, 0.717) is 29.8 Å². The summed E-state index contributed by atoms with van der Waals surface area (Å²) in [4.78, 5) is 4.23. The molecule has 7 heteroatoms. The van der Waals surface area contributed by atoms with Crippen molar-refractivity contribution in [2.24, 2.45) is 5.73 Å². The Bertz CT molecular complexity index is 597. The van der Waals surface area contributed by atoms with Crippen LogP contribution in [0.25, 0.3) is 11.4 Å². The Morgan fingerprint density at radius 3 is 3.00 bits per heavy atom. The summed E-state index contributed by atoms with van der Waals surface area (Å²) >= 11 is 0. The summed E-state index contributed by atoms with van der Waals surface area (Å²) < 4.78 is 21.0. The lowest BCUT2D eigenvalue weighted by molar-refractivity contribution is 0.173. The van der Waals surface area contributed by atoms with E-state index in [4.69, 9.17) is 24.5 Å². The SMILES string of the molecule is COCc1ccc2c(c1-c1noc(CN)n1)OCO2. The highest BCUT2D eigenvalue weighted by atomic mass is 16.7. The molecular formula is C12H13N3O4. The predicted octanol–water partition coefficient (Wildman–Crippen LogP) is 1.07. The van der Waals surface area contributed by atoms with Gasteiger partial charge in [0.15, 0.2) is 11.5 Å². The van der Waals surface area contributed by atoms with Crippen LogP contribution < -0.4 is 15.2 Å². The van der Waals surface area contributed by atoms with E-state index in [2.05, 4.69) is 10.1 Å². The van der Waals surface area contributed by atoms with Crippen molar-refractivity contribution in [3.8, 4) is 22.9 Å². The lowest BCUT2D eigenvalue weighted by Crippen LogP contribution is -1.98. The van der Waals surface area contributed by atoms with Gasteiger partial charge in [0.1, 0.15) is 0 Å². The minimum atomic E-state index is 0.181. The third-order valence-electron chi connectivity index (χ3n) is 2.79. The molecule has 7 nitrogen and oxygen atoms in total. The number of methoxy groups -OCH3 is 1. The van der Waals surface area contributed by atoms with Crippen LogP contribution in [0.15, 0.2) is 16.7 Å². The first-order chi connectivity index (χ1) is 9.33. The fraction of sp³-hybridized carbons (Fsp3) is 0.333. The zero-order chi connectivity index (χ0) is 13.2. The molecule has 0 fully saturated rings. The molecule has 2 heterocycles. The molecule has 0 bridgehead atoms. The highest BCUT2D eigenvalue weighted by Gasteiger charge is 2.25. The zero-order valence-electron chi connectivity index (χ0n) is 10.4. The Morgan fingerprint density at radius 1 is 1.37 bits per heavy atom. The van der Waals surface area contributed by atoms with Gasteiger partial charge in [0, 0.05) is 7.11 Å². The molecule has 1 aliphatic heterocycles. The number of rotatable bonds is 4. The smallest absolute Gasteiger partial charge is 0.240 e. The van der Waals surface area contributed by atoms with Crippen LogP contribution in [0, 0.1) is 0 Å². The van der Waals surface area contributed by atoms with Crippen molar-refractivity contribution in [2.75, 3.05) is 13.9 Å². The summed E-state index contributed by atoms with van der Waals surface area (Å²) in [6.07, 6.45) is 0. The van der Waals surface area contributed by atoms with E-state index in [1.165, 1.54) is 0 Å². The van der Waals surface area contributed by atoms with E-state index in [-0.39, 0.29) is 13.3 Å². The second-order valence-electron chi connectivity index (χ2n) is 3.98. The minimum absolute atomic E-state index is 0.181. The molecule has 3 rings (SSSR count). The molecule has 0 aliphatic carbocycles. The van der Waals surface area contributed by atoms with Gasteiger partial charge in [-0.3, -0.25) is 0 Å². The average molecular weight is 263 g/mol. The number of fused-ring (bicyclic) bond motifs is 1. The number of aromatic nitrogens is 2. The molecule has 1 aliphatic rings. The van der Waals surface area contributed by atoms with E-state index in [1.54, 1.807) is 7.11 Å². The summed E-state index contributed by atoms with van der Waals surface area (Å²) in [7, 11) is 1.62. The molecule has 0 unspecified atom stereocenters. The fourth-order valence-corrected chi connectivity index (χ4v) is 1.97. The number of nitrogens with two attached hydrogens (primary N) is 1. The van der Waals surface area contributed by atoms with Crippen LogP contribution >= 0.6 is 0 Å². The topological polar surface area (TPSA) is 92.6 Å². The first-order valence-corrected chi connectivity index (χ1v) is 5.77. The third kappa shape index (κ3) is 2.02. The fourth-order valence-electron chi connectivity index (χ4n) is 1.97. The number of hydrogen-bond acceptors (Lipinski definition) is 7. The van der Waals surface area contributed by atoms with Gasteiger partial charge in [-0.05, 0) is 11.6 Å². The molecule has 0 saturated carbocycles. The van der Waals surface area contributed by atoms with Gasteiger partial charge in [-0.15, -0.1) is 0 Å². The van der Waals surface area contributed by atoms with Crippen LogP contribution in [-0.4, -0.2) is 24.0 Å². The summed E-state index contributed by atoms with van der Waals surface area (Å²) in [5.74, 6) is 2.07. The first kappa shape index (κ1) is 11.9. The van der Waals surface area contributed by atoms with E-state index in [1.807, 2.05) is 12.1 Å². The van der Waals surface area contributed by atoms with Crippen molar-refractivity contribution in [1.82, 2.24) is 10.1 Å². The zero-order valence-corrected chi connectivity index (χ0v) is 10.4. The summed E-state index contributed by atoms with van der Waals surface area (Å²) in [6, 6.07) is 3.73. The average Bonchev–Trinajstić information content (AvgIpc) is 3.07. The summed E-state index contributed by atoms with van der Waals surface area (Å²) in [5.41, 5.74) is 7.10. The van der Waals surface area contributed by atoms with Crippen LogP contribution in [-0.2, 0) is 17.9 Å². The van der Waals surface area contributed by atoms with Crippen LogP contribution in [0.3, 0.4) is 0 Å². The molecule has 1 aromatic heterocycles. The lowest BCUT2D eigenvalue weighted by Gasteiger charge is -2.08. The molecule has 0 spiro atoms. The van der Waals surface area contributed by atoms with Crippen LogP contribution in [0.4, 0.5) is 0 Å². The molecule has 0 radical (unpaired) electrons. The van der Waals surface area contributed by atoms with Crippen LogP contribution in [0.2, 0.25) is 0 Å². The quantitative estimate of drug-likeness (QED) is 0.881. The van der Waals surface area contributed by atoms with Gasteiger partial charge in [0.2, 0.25) is 18.5 Å². The normalized spacial score (nSPS) is 12.9. The minimum Gasteiger partial charge on any atom is -0.454 e. The van der Waals surface area contributed by atoms with E-state index in [0.717, 1.165) is 11.1 Å². The van der Waals surface area contributed by atoms with Gasteiger partial charge < -0.3 is 24.5 Å². The van der Waals surface area contributed by atoms with Gasteiger partial charge in [-0.2, -0.15) is 4.98 Å². The Kier molecular flexibility index (Phi) is 3.06. The van der Waals surface area contributed by atoms with Crippen molar-refractivity contribution >= 4 is 0 Å². The van der Waals surface area contributed by atoms with Crippen LogP contribution in [0.5, 0.6) is 11.5 Å². The lowest BCUT2D eigenvalue weighted by atomic mass is 10.1. The molecular weight excluding hydrogens is 250 g/mol. The maximum absolute atomic E-state index is 5.48. The number of benzene rings is 1. The van der Waals surface area contributed by atoms with Crippen molar-refractivity contribution < 1.29 is 18.7 Å². The third-order valence-corrected chi connectivity index (χ3v) is 2.79. The Morgan fingerprint density at radius 2 is 2.26 bits per heavy atom. The van der Waals surface area contributed by atoms with Crippen molar-refractivity contribution in [3.05, 3.63) is 23.6 Å². The highest BCUT2D eigenvalue weighted by molar-refractivity contribution is 5.73. The summed E-state index contributed by atoms with van der Waals surface area (Å²) in [5, 5.41) is 3.92. The maximum atomic E-state index is 5.48.